The molecule has 4 heteroatoms. The van der Waals surface area contributed by atoms with Gasteiger partial charge in [-0.1, -0.05) is 18.9 Å². The number of hydrogen-bond acceptors (Lipinski definition) is 3. The van der Waals surface area contributed by atoms with E-state index in [-0.39, 0.29) is 17.7 Å². The maximum absolute atomic E-state index is 12.0. The van der Waals surface area contributed by atoms with Crippen molar-refractivity contribution < 1.29 is 9.90 Å². The molecule has 0 aliphatic heterocycles. The number of phenols is 1. The van der Waals surface area contributed by atoms with E-state index in [1.165, 1.54) is 18.9 Å². The van der Waals surface area contributed by atoms with E-state index >= 15 is 0 Å². The molecule has 1 saturated carbocycles. The number of aromatic hydroxyl groups is 1. The maximum atomic E-state index is 12.0. The third-order valence-corrected chi connectivity index (χ3v) is 3.96. The normalized spacial score (nSPS) is 23.1. The van der Waals surface area contributed by atoms with Crippen molar-refractivity contribution in [2.75, 3.05) is 6.54 Å². The number of carbonyl (C=O) groups is 1. The average Bonchev–Trinajstić information content (AvgIpc) is 2.40. The minimum absolute atomic E-state index is 0.145. The van der Waals surface area contributed by atoms with Gasteiger partial charge < -0.3 is 16.2 Å². The van der Waals surface area contributed by atoms with Gasteiger partial charge in [-0.3, -0.25) is 4.79 Å². The Labute approximate surface area is 114 Å². The number of aryl methyl sites for hydroxylation is 1. The van der Waals surface area contributed by atoms with E-state index in [9.17, 15) is 9.90 Å². The molecule has 2 unspecified atom stereocenters. The Morgan fingerprint density at radius 2 is 2.16 bits per heavy atom. The van der Waals surface area contributed by atoms with Crippen molar-refractivity contribution >= 4 is 5.91 Å². The molecule has 19 heavy (non-hydrogen) atoms. The van der Waals surface area contributed by atoms with Crippen molar-refractivity contribution in [3.63, 3.8) is 0 Å². The van der Waals surface area contributed by atoms with E-state index < -0.39 is 0 Å². The summed E-state index contributed by atoms with van der Waals surface area (Å²) < 4.78 is 0. The quantitative estimate of drug-likeness (QED) is 0.779. The first-order chi connectivity index (χ1) is 9.08. The predicted octanol–water partition coefficient (Wildman–Crippen LogP) is 1.95. The van der Waals surface area contributed by atoms with Gasteiger partial charge in [-0.15, -0.1) is 0 Å². The number of rotatable bonds is 3. The molecule has 0 heterocycles. The minimum atomic E-state index is -0.145. The largest absolute Gasteiger partial charge is 0.508 e. The summed E-state index contributed by atoms with van der Waals surface area (Å²) in [5.74, 6) is 0.381. The molecular weight excluding hydrogens is 240 g/mol. The highest BCUT2D eigenvalue weighted by atomic mass is 16.3. The van der Waals surface area contributed by atoms with Crippen LogP contribution in [-0.2, 0) is 0 Å². The first-order valence-electron chi connectivity index (χ1n) is 6.91. The zero-order chi connectivity index (χ0) is 13.8. The van der Waals surface area contributed by atoms with Crippen molar-refractivity contribution in [1.29, 1.82) is 0 Å². The Balaban J connectivity index is 1.91. The molecular formula is C15H22N2O2. The van der Waals surface area contributed by atoms with Crippen LogP contribution in [-0.4, -0.2) is 23.6 Å². The number of amides is 1. The van der Waals surface area contributed by atoms with Crippen LogP contribution >= 0.6 is 0 Å². The van der Waals surface area contributed by atoms with Gasteiger partial charge in [0.25, 0.3) is 5.91 Å². The van der Waals surface area contributed by atoms with Crippen LogP contribution in [0.25, 0.3) is 0 Å². The van der Waals surface area contributed by atoms with Crippen LogP contribution < -0.4 is 11.1 Å². The fourth-order valence-corrected chi connectivity index (χ4v) is 2.57. The first-order valence-corrected chi connectivity index (χ1v) is 6.91. The molecule has 1 aromatic carbocycles. The molecule has 0 bridgehead atoms. The molecule has 2 rings (SSSR count). The molecule has 4 N–H and O–H groups in total. The Kier molecular flexibility index (Phi) is 4.43. The van der Waals surface area contributed by atoms with Crippen molar-refractivity contribution in [2.24, 2.45) is 11.7 Å². The molecule has 1 fully saturated rings. The lowest BCUT2D eigenvalue weighted by Gasteiger charge is -2.28. The summed E-state index contributed by atoms with van der Waals surface area (Å²) >= 11 is 0. The summed E-state index contributed by atoms with van der Waals surface area (Å²) in [6.07, 6.45) is 4.52. The molecule has 2 atom stereocenters. The van der Waals surface area contributed by atoms with Crippen molar-refractivity contribution in [1.82, 2.24) is 5.32 Å². The van der Waals surface area contributed by atoms with Crippen molar-refractivity contribution in [2.45, 2.75) is 38.6 Å². The van der Waals surface area contributed by atoms with Crippen LogP contribution in [0.15, 0.2) is 18.2 Å². The van der Waals surface area contributed by atoms with Gasteiger partial charge >= 0.3 is 0 Å². The summed E-state index contributed by atoms with van der Waals surface area (Å²) in [4.78, 5) is 12.0. The summed E-state index contributed by atoms with van der Waals surface area (Å²) in [7, 11) is 0. The van der Waals surface area contributed by atoms with E-state index in [4.69, 9.17) is 5.73 Å². The number of carbonyl (C=O) groups excluding carboxylic acids is 1. The summed E-state index contributed by atoms with van der Waals surface area (Å²) in [6.45, 7) is 2.42. The zero-order valence-corrected chi connectivity index (χ0v) is 11.4. The summed E-state index contributed by atoms with van der Waals surface area (Å²) in [5.41, 5.74) is 7.32. The summed E-state index contributed by atoms with van der Waals surface area (Å²) in [6, 6.07) is 5.17. The topological polar surface area (TPSA) is 75.4 Å². The van der Waals surface area contributed by atoms with E-state index in [1.54, 1.807) is 19.1 Å². The predicted molar refractivity (Wildman–Crippen MR) is 75.1 cm³/mol. The van der Waals surface area contributed by atoms with Gasteiger partial charge in [-0.25, -0.2) is 0 Å². The molecule has 4 nitrogen and oxygen atoms in total. The number of nitrogens with two attached hydrogens (primary N) is 1. The highest BCUT2D eigenvalue weighted by molar-refractivity contribution is 5.94. The third-order valence-electron chi connectivity index (χ3n) is 3.96. The maximum Gasteiger partial charge on any atom is 0.251 e. The average molecular weight is 262 g/mol. The van der Waals surface area contributed by atoms with E-state index in [2.05, 4.69) is 5.32 Å². The summed E-state index contributed by atoms with van der Waals surface area (Å²) in [5, 5.41) is 12.5. The number of hydrogen-bond donors (Lipinski definition) is 3. The van der Waals surface area contributed by atoms with Gasteiger partial charge in [0.15, 0.2) is 0 Å². The van der Waals surface area contributed by atoms with Crippen LogP contribution in [0.1, 0.15) is 41.6 Å². The third kappa shape index (κ3) is 3.47. The van der Waals surface area contributed by atoms with Gasteiger partial charge in [0.05, 0.1) is 0 Å². The van der Waals surface area contributed by atoms with Gasteiger partial charge in [-0.05, 0) is 43.4 Å². The van der Waals surface area contributed by atoms with Crippen LogP contribution in [0.4, 0.5) is 0 Å². The van der Waals surface area contributed by atoms with Crippen LogP contribution in [0, 0.1) is 12.8 Å². The molecule has 1 aliphatic rings. The van der Waals surface area contributed by atoms with Crippen LogP contribution in [0.2, 0.25) is 0 Å². The van der Waals surface area contributed by atoms with Crippen LogP contribution in [0.5, 0.6) is 5.75 Å². The highest BCUT2D eigenvalue weighted by Crippen LogP contribution is 2.22. The Morgan fingerprint density at radius 1 is 1.42 bits per heavy atom. The zero-order valence-electron chi connectivity index (χ0n) is 11.4. The smallest absolute Gasteiger partial charge is 0.251 e. The molecule has 0 spiro atoms. The minimum Gasteiger partial charge on any atom is -0.508 e. The molecule has 1 amide bonds. The highest BCUT2D eigenvalue weighted by Gasteiger charge is 2.22. The number of phenolic OH excluding ortho intramolecular Hbond substituents is 1. The second-order valence-corrected chi connectivity index (χ2v) is 5.42. The van der Waals surface area contributed by atoms with Gasteiger partial charge in [0, 0.05) is 18.2 Å². The molecule has 104 valence electrons. The van der Waals surface area contributed by atoms with E-state index in [0.717, 1.165) is 18.4 Å². The molecule has 1 aliphatic carbocycles. The van der Waals surface area contributed by atoms with Gasteiger partial charge in [0.1, 0.15) is 5.75 Å². The monoisotopic (exact) mass is 262 g/mol. The lowest BCUT2D eigenvalue weighted by molar-refractivity contribution is 0.0941. The van der Waals surface area contributed by atoms with E-state index in [0.29, 0.717) is 18.0 Å². The Bertz CT molecular complexity index is 459. The van der Waals surface area contributed by atoms with Gasteiger partial charge in [0.2, 0.25) is 0 Å². The lowest BCUT2D eigenvalue weighted by atomic mass is 9.85. The SMILES string of the molecule is Cc1ccc(C(=O)NCC2CCCCC2N)cc1O. The number of benzene rings is 1. The standard InChI is InChI=1S/C15H22N2O2/c1-10-6-7-11(8-14(10)18)15(19)17-9-12-4-2-3-5-13(12)16/h6-8,12-13,18H,2-5,9,16H2,1H3,(H,17,19). The second-order valence-electron chi connectivity index (χ2n) is 5.42. The molecule has 0 radical (unpaired) electrons. The first kappa shape index (κ1) is 13.9. The molecule has 0 aromatic heterocycles. The number of nitrogens with one attached hydrogen (secondary N) is 1. The fraction of sp³-hybridized carbons (Fsp3) is 0.533. The fourth-order valence-electron chi connectivity index (χ4n) is 2.57. The molecule has 1 aromatic rings. The Hall–Kier alpha value is -1.55. The van der Waals surface area contributed by atoms with Crippen molar-refractivity contribution in [3.05, 3.63) is 29.3 Å². The van der Waals surface area contributed by atoms with Crippen LogP contribution in [0.3, 0.4) is 0 Å². The Morgan fingerprint density at radius 3 is 2.84 bits per heavy atom. The second kappa shape index (κ2) is 6.06. The molecule has 0 saturated heterocycles. The lowest BCUT2D eigenvalue weighted by Crippen LogP contribution is -2.41. The van der Waals surface area contributed by atoms with Gasteiger partial charge in [-0.2, -0.15) is 0 Å². The van der Waals surface area contributed by atoms with E-state index in [1.807, 2.05) is 0 Å². The van der Waals surface area contributed by atoms with Crippen molar-refractivity contribution in [3.8, 4) is 5.75 Å².